The summed E-state index contributed by atoms with van der Waals surface area (Å²) < 4.78 is 45.9. The molecule has 7 rings (SSSR count). The monoisotopic (exact) mass is 560 g/mol. The number of ether oxygens (including phenoxy) is 1. The Morgan fingerprint density at radius 3 is 2.44 bits per heavy atom. The maximum atomic E-state index is 13.6. The Kier molecular flexibility index (Phi) is 5.65. The van der Waals surface area contributed by atoms with Gasteiger partial charge < -0.3 is 10.1 Å². The van der Waals surface area contributed by atoms with Crippen LogP contribution in [0.2, 0.25) is 0 Å². The molecule has 10 nitrogen and oxygen atoms in total. The summed E-state index contributed by atoms with van der Waals surface area (Å²) in [5, 5.41) is 24.9. The van der Waals surface area contributed by atoms with Crippen molar-refractivity contribution in [1.29, 1.82) is 10.5 Å². The van der Waals surface area contributed by atoms with Gasteiger partial charge in [-0.2, -0.15) is 25.3 Å². The molecular formula is C28H23F3N8O2. The molecule has 0 spiro atoms. The number of aryl methyl sites for hydroxylation is 2. The fourth-order valence-electron chi connectivity index (χ4n) is 6.21. The van der Waals surface area contributed by atoms with Crippen molar-refractivity contribution in [1.82, 2.24) is 19.7 Å². The molecule has 13 heteroatoms. The predicted molar refractivity (Wildman–Crippen MR) is 140 cm³/mol. The summed E-state index contributed by atoms with van der Waals surface area (Å²) in [7, 11) is 0. The molecule has 41 heavy (non-hydrogen) atoms. The van der Waals surface area contributed by atoms with Gasteiger partial charge in [0.05, 0.1) is 47.2 Å². The molecule has 3 saturated carbocycles. The summed E-state index contributed by atoms with van der Waals surface area (Å²) >= 11 is 0. The third-order valence-electron chi connectivity index (χ3n) is 7.92. The number of hydrogen-bond donors (Lipinski definition) is 1. The molecule has 3 heterocycles. The average Bonchev–Trinajstić information content (AvgIpc) is 3.44. The highest BCUT2D eigenvalue weighted by molar-refractivity contribution is 6.10. The standard InChI is InChI=1S/C28H23F3N8O2/c1-15-7-18(5-4-6-32)8-16(2)22(15)41-23-20-17(3)39(19-9-34-38(10-19)28(29,30)31)24(40)21(20)35-25(36-23)37-27-11-26(12-27,13-27)14-33/h4-5,7-10,17H,11-13H2,1-3H3,(H,35,36,37)/b5-4+. The topological polar surface area (TPSA) is 133 Å². The Bertz CT molecular complexity index is 1690. The first-order chi connectivity index (χ1) is 19.4. The summed E-state index contributed by atoms with van der Waals surface area (Å²) in [5.74, 6) is 0.114. The van der Waals surface area contributed by atoms with Crippen LogP contribution in [0.1, 0.15) is 65.0 Å². The number of alkyl halides is 3. The first-order valence-electron chi connectivity index (χ1n) is 12.8. The van der Waals surface area contributed by atoms with Crippen LogP contribution in [0.25, 0.3) is 6.08 Å². The fraction of sp³-hybridized carbons (Fsp3) is 0.357. The molecule has 1 N–H and O–H groups in total. The van der Waals surface area contributed by atoms with E-state index in [0.717, 1.165) is 29.1 Å². The molecule has 1 unspecified atom stereocenters. The number of allylic oxidation sites excluding steroid dienone is 1. The molecule has 3 aromatic rings. The van der Waals surface area contributed by atoms with Gasteiger partial charge in [0.25, 0.3) is 5.91 Å². The summed E-state index contributed by atoms with van der Waals surface area (Å²) in [6.07, 6.45) is 1.93. The zero-order valence-corrected chi connectivity index (χ0v) is 22.2. The maximum Gasteiger partial charge on any atom is 0.504 e. The van der Waals surface area contributed by atoms with Crippen molar-refractivity contribution in [2.45, 2.75) is 57.9 Å². The summed E-state index contributed by atoms with van der Waals surface area (Å²) in [5.41, 5.74) is 1.92. The molecule has 3 aliphatic carbocycles. The molecule has 2 bridgehead atoms. The van der Waals surface area contributed by atoms with E-state index in [-0.39, 0.29) is 38.8 Å². The van der Waals surface area contributed by atoms with E-state index in [1.807, 2.05) is 32.0 Å². The van der Waals surface area contributed by atoms with Crippen LogP contribution in [-0.2, 0) is 6.30 Å². The van der Waals surface area contributed by atoms with Crippen LogP contribution in [0, 0.1) is 41.9 Å². The molecule has 3 fully saturated rings. The Morgan fingerprint density at radius 2 is 1.85 bits per heavy atom. The number of halogens is 3. The zero-order chi connectivity index (χ0) is 29.3. The Labute approximate surface area is 232 Å². The zero-order valence-electron chi connectivity index (χ0n) is 22.2. The Hall–Kier alpha value is -4.91. The van der Waals surface area contributed by atoms with E-state index in [9.17, 15) is 23.2 Å². The van der Waals surface area contributed by atoms with Gasteiger partial charge in [0.2, 0.25) is 11.8 Å². The minimum absolute atomic E-state index is 0.00947. The van der Waals surface area contributed by atoms with E-state index in [1.54, 1.807) is 13.0 Å². The van der Waals surface area contributed by atoms with Crippen molar-refractivity contribution in [3.8, 4) is 23.8 Å². The van der Waals surface area contributed by atoms with Gasteiger partial charge in [-0.3, -0.25) is 9.69 Å². The quantitative estimate of drug-likeness (QED) is 0.381. The highest BCUT2D eigenvalue weighted by Gasteiger charge is 2.69. The van der Waals surface area contributed by atoms with Crippen molar-refractivity contribution >= 4 is 23.6 Å². The molecule has 4 aliphatic rings. The number of amides is 1. The van der Waals surface area contributed by atoms with Crippen LogP contribution in [0.15, 0.2) is 30.6 Å². The van der Waals surface area contributed by atoms with Gasteiger partial charge in [-0.05, 0) is 74.9 Å². The molecule has 0 radical (unpaired) electrons. The van der Waals surface area contributed by atoms with Crippen LogP contribution >= 0.6 is 0 Å². The summed E-state index contributed by atoms with van der Waals surface area (Å²) in [6, 6.07) is 7.22. The lowest BCUT2D eigenvalue weighted by atomic mass is 9.40. The smallest absolute Gasteiger partial charge is 0.438 e. The van der Waals surface area contributed by atoms with Crippen molar-refractivity contribution in [2.24, 2.45) is 5.41 Å². The fourth-order valence-corrected chi connectivity index (χ4v) is 6.21. The minimum Gasteiger partial charge on any atom is -0.438 e. The molecule has 2 aromatic heterocycles. The number of nitrogens with one attached hydrogen (secondary N) is 1. The number of hydrogen-bond acceptors (Lipinski definition) is 8. The number of carbonyl (C=O) groups excluding carboxylic acids is 1. The largest absolute Gasteiger partial charge is 0.504 e. The number of anilines is 2. The number of carbonyl (C=O) groups is 1. The predicted octanol–water partition coefficient (Wildman–Crippen LogP) is 5.67. The average molecular weight is 561 g/mol. The highest BCUT2D eigenvalue weighted by Crippen LogP contribution is 2.67. The van der Waals surface area contributed by atoms with E-state index in [0.29, 0.717) is 30.6 Å². The Morgan fingerprint density at radius 1 is 1.17 bits per heavy atom. The molecule has 1 amide bonds. The second kappa shape index (κ2) is 8.80. The van der Waals surface area contributed by atoms with Gasteiger partial charge in [-0.25, -0.2) is 4.98 Å². The molecule has 1 aromatic carbocycles. The third-order valence-corrected chi connectivity index (χ3v) is 7.92. The maximum absolute atomic E-state index is 13.6. The SMILES string of the molecule is Cc1cc(/C=C/C#N)cc(C)c1Oc1nc(NC23CC(C#N)(C2)C3)nc2c1C(C)N(c1cnn(C(F)(F)F)c1)C2=O. The van der Waals surface area contributed by atoms with E-state index in [4.69, 9.17) is 10.00 Å². The van der Waals surface area contributed by atoms with Gasteiger partial charge in [-0.15, -0.1) is 13.2 Å². The van der Waals surface area contributed by atoms with Crippen molar-refractivity contribution in [3.05, 3.63) is 58.6 Å². The lowest BCUT2D eigenvalue weighted by molar-refractivity contribution is -0.212. The normalized spacial score (nSPS) is 24.3. The number of nitrogens with zero attached hydrogens (tertiary/aromatic N) is 7. The first-order valence-corrected chi connectivity index (χ1v) is 12.8. The van der Waals surface area contributed by atoms with Gasteiger partial charge in [0.15, 0.2) is 0 Å². The van der Waals surface area contributed by atoms with Crippen molar-refractivity contribution < 1.29 is 22.7 Å². The second-order valence-electron chi connectivity index (χ2n) is 11.0. The summed E-state index contributed by atoms with van der Waals surface area (Å²) in [6.45, 7) is 5.33. The van der Waals surface area contributed by atoms with Gasteiger partial charge in [0.1, 0.15) is 11.4 Å². The van der Waals surface area contributed by atoms with Gasteiger partial charge in [-0.1, -0.05) is 0 Å². The van der Waals surface area contributed by atoms with Gasteiger partial charge in [0, 0.05) is 11.6 Å². The van der Waals surface area contributed by atoms with E-state index in [1.165, 1.54) is 11.0 Å². The van der Waals surface area contributed by atoms with Crippen LogP contribution in [0.3, 0.4) is 0 Å². The van der Waals surface area contributed by atoms with E-state index in [2.05, 4.69) is 26.5 Å². The van der Waals surface area contributed by atoms with Crippen molar-refractivity contribution in [3.63, 3.8) is 0 Å². The third kappa shape index (κ3) is 4.16. The van der Waals surface area contributed by atoms with Crippen LogP contribution < -0.4 is 15.0 Å². The lowest BCUT2D eigenvalue weighted by Gasteiger charge is -2.66. The van der Waals surface area contributed by atoms with Crippen LogP contribution in [0.5, 0.6) is 11.6 Å². The number of benzene rings is 1. The Balaban J connectivity index is 1.41. The van der Waals surface area contributed by atoms with Gasteiger partial charge >= 0.3 is 6.30 Å². The number of fused-ring (bicyclic) bond motifs is 1. The van der Waals surface area contributed by atoms with Crippen LogP contribution in [0.4, 0.5) is 24.8 Å². The molecule has 1 atom stereocenters. The molecule has 1 aliphatic heterocycles. The lowest BCUT2D eigenvalue weighted by Crippen LogP contribution is -2.70. The minimum atomic E-state index is -4.74. The molecule has 208 valence electrons. The molecule has 0 saturated heterocycles. The number of nitriles is 2. The molecular weight excluding hydrogens is 537 g/mol. The number of rotatable bonds is 6. The van der Waals surface area contributed by atoms with E-state index >= 15 is 0 Å². The number of aromatic nitrogens is 4. The van der Waals surface area contributed by atoms with Crippen LogP contribution in [-0.4, -0.2) is 31.2 Å². The van der Waals surface area contributed by atoms with Crippen molar-refractivity contribution in [2.75, 3.05) is 10.2 Å². The van der Waals surface area contributed by atoms with E-state index < -0.39 is 18.2 Å². The first kappa shape index (κ1) is 26.3. The highest BCUT2D eigenvalue weighted by atomic mass is 19.4. The second-order valence-corrected chi connectivity index (χ2v) is 11.0. The summed E-state index contributed by atoms with van der Waals surface area (Å²) in [4.78, 5) is 23.9.